The van der Waals surface area contributed by atoms with E-state index < -0.39 is 21.0 Å². The molecule has 1 unspecified atom stereocenters. The first-order valence-electron chi connectivity index (χ1n) is 5.27. The van der Waals surface area contributed by atoms with E-state index in [9.17, 15) is 13.2 Å². The highest BCUT2D eigenvalue weighted by Crippen LogP contribution is 2.30. The molecule has 92 valence electrons. The molecule has 1 aliphatic heterocycles. The second kappa shape index (κ2) is 4.12. The monoisotopic (exact) mass is 254 g/mol. The predicted molar refractivity (Wildman–Crippen MR) is 64.7 cm³/mol. The molecule has 0 fully saturated rings. The van der Waals surface area contributed by atoms with Gasteiger partial charge in [-0.25, -0.2) is 8.42 Å². The third kappa shape index (κ3) is 1.94. The molecule has 1 aromatic rings. The third-order valence-electron chi connectivity index (χ3n) is 2.76. The summed E-state index contributed by atoms with van der Waals surface area (Å²) in [5.74, 6) is -0.475. The standard InChI is InChI=1S/C11H14N2O3S/c1-7-3-4-9-8(5-7)13-11(14)10(6-12-2)17(9,15)16/h3-5,10,12H,6H2,1-2H3,(H,13,14). The van der Waals surface area contributed by atoms with Crippen molar-refractivity contribution >= 4 is 21.4 Å². The number of sulfone groups is 1. The summed E-state index contributed by atoms with van der Waals surface area (Å²) in [5.41, 5.74) is 1.29. The minimum Gasteiger partial charge on any atom is -0.324 e. The molecule has 1 atom stereocenters. The molecular weight excluding hydrogens is 240 g/mol. The van der Waals surface area contributed by atoms with E-state index in [0.717, 1.165) is 5.56 Å². The molecule has 2 N–H and O–H groups in total. The van der Waals surface area contributed by atoms with Crippen LogP contribution in [0, 0.1) is 6.92 Å². The van der Waals surface area contributed by atoms with Crippen molar-refractivity contribution in [1.82, 2.24) is 5.32 Å². The summed E-state index contributed by atoms with van der Waals surface area (Å²) >= 11 is 0. The molecule has 17 heavy (non-hydrogen) atoms. The fraction of sp³-hybridized carbons (Fsp3) is 0.364. The van der Waals surface area contributed by atoms with Crippen molar-refractivity contribution in [2.24, 2.45) is 0 Å². The van der Waals surface area contributed by atoms with Crippen molar-refractivity contribution in [1.29, 1.82) is 0 Å². The Labute approximate surface area is 100 Å². The highest BCUT2D eigenvalue weighted by atomic mass is 32.2. The van der Waals surface area contributed by atoms with Crippen LogP contribution in [0.5, 0.6) is 0 Å². The molecule has 0 radical (unpaired) electrons. The van der Waals surface area contributed by atoms with E-state index in [1.807, 2.05) is 6.92 Å². The SMILES string of the molecule is CNCC1C(=O)Nc2cc(C)ccc2S1(=O)=O. The Balaban J connectivity index is 2.58. The number of nitrogens with one attached hydrogen (secondary N) is 2. The highest BCUT2D eigenvalue weighted by molar-refractivity contribution is 7.93. The lowest BCUT2D eigenvalue weighted by Crippen LogP contribution is -2.45. The van der Waals surface area contributed by atoms with E-state index in [1.54, 1.807) is 25.2 Å². The third-order valence-corrected chi connectivity index (χ3v) is 4.85. The second-order valence-electron chi connectivity index (χ2n) is 4.08. The Bertz CT molecular complexity index is 566. The Morgan fingerprint density at radius 2 is 2.12 bits per heavy atom. The number of anilines is 1. The van der Waals surface area contributed by atoms with Crippen molar-refractivity contribution in [3.63, 3.8) is 0 Å². The second-order valence-corrected chi connectivity index (χ2v) is 6.18. The van der Waals surface area contributed by atoms with Crippen LogP contribution in [-0.2, 0) is 14.6 Å². The van der Waals surface area contributed by atoms with Crippen molar-refractivity contribution < 1.29 is 13.2 Å². The summed E-state index contributed by atoms with van der Waals surface area (Å²) in [4.78, 5) is 11.9. The smallest absolute Gasteiger partial charge is 0.244 e. The van der Waals surface area contributed by atoms with Crippen molar-refractivity contribution in [3.8, 4) is 0 Å². The summed E-state index contributed by atoms with van der Waals surface area (Å²) in [7, 11) is -1.97. The number of carbonyl (C=O) groups excluding carboxylic acids is 1. The first kappa shape index (κ1) is 12.1. The molecule has 1 aliphatic rings. The van der Waals surface area contributed by atoms with Gasteiger partial charge < -0.3 is 10.6 Å². The quantitative estimate of drug-likeness (QED) is 0.796. The van der Waals surface area contributed by atoms with Crippen LogP contribution in [-0.4, -0.2) is 33.2 Å². The van der Waals surface area contributed by atoms with Crippen LogP contribution < -0.4 is 10.6 Å². The van der Waals surface area contributed by atoms with Gasteiger partial charge in [-0.05, 0) is 31.7 Å². The Hall–Kier alpha value is -1.40. The van der Waals surface area contributed by atoms with Crippen molar-refractivity contribution in [2.45, 2.75) is 17.1 Å². The van der Waals surface area contributed by atoms with Gasteiger partial charge in [0.15, 0.2) is 15.1 Å². The Kier molecular flexibility index (Phi) is 2.92. The first-order chi connectivity index (χ1) is 7.96. The van der Waals surface area contributed by atoms with Gasteiger partial charge in [0.05, 0.1) is 10.6 Å². The zero-order chi connectivity index (χ0) is 12.6. The lowest BCUT2D eigenvalue weighted by atomic mass is 10.2. The van der Waals surface area contributed by atoms with Gasteiger partial charge in [-0.2, -0.15) is 0 Å². The van der Waals surface area contributed by atoms with Crippen LogP contribution in [0.3, 0.4) is 0 Å². The molecule has 0 aromatic heterocycles. The largest absolute Gasteiger partial charge is 0.324 e. The van der Waals surface area contributed by atoms with Crippen LogP contribution in [0.1, 0.15) is 5.56 Å². The molecular formula is C11H14N2O3S. The molecule has 1 heterocycles. The molecule has 2 rings (SSSR count). The van der Waals surface area contributed by atoms with Gasteiger partial charge in [-0.15, -0.1) is 0 Å². The normalized spacial score (nSPS) is 21.8. The van der Waals surface area contributed by atoms with Crippen molar-refractivity contribution in [3.05, 3.63) is 23.8 Å². The van der Waals surface area contributed by atoms with Crippen LogP contribution >= 0.6 is 0 Å². The summed E-state index contributed by atoms with van der Waals surface area (Å²) in [5, 5.41) is 4.31. The predicted octanol–water partition coefficient (Wildman–Crippen LogP) is 0.309. The number of aryl methyl sites for hydroxylation is 1. The first-order valence-corrected chi connectivity index (χ1v) is 6.81. The highest BCUT2D eigenvalue weighted by Gasteiger charge is 2.39. The van der Waals surface area contributed by atoms with Crippen LogP contribution in [0.25, 0.3) is 0 Å². The number of amides is 1. The van der Waals surface area contributed by atoms with E-state index in [0.29, 0.717) is 5.69 Å². The average Bonchev–Trinajstić information content (AvgIpc) is 2.23. The van der Waals surface area contributed by atoms with E-state index in [2.05, 4.69) is 10.6 Å². The molecule has 0 bridgehead atoms. The minimum absolute atomic E-state index is 0.113. The van der Waals surface area contributed by atoms with Gasteiger partial charge in [-0.1, -0.05) is 6.07 Å². The molecule has 6 heteroatoms. The van der Waals surface area contributed by atoms with Gasteiger partial charge in [-0.3, -0.25) is 4.79 Å². The number of benzene rings is 1. The van der Waals surface area contributed by atoms with Crippen LogP contribution in [0.15, 0.2) is 23.1 Å². The number of hydrogen-bond acceptors (Lipinski definition) is 4. The maximum Gasteiger partial charge on any atom is 0.244 e. The number of hydrogen-bond donors (Lipinski definition) is 2. The lowest BCUT2D eigenvalue weighted by molar-refractivity contribution is -0.115. The van der Waals surface area contributed by atoms with E-state index in [4.69, 9.17) is 0 Å². The van der Waals surface area contributed by atoms with E-state index in [-0.39, 0.29) is 11.4 Å². The van der Waals surface area contributed by atoms with Gasteiger partial charge in [0, 0.05) is 6.54 Å². The molecule has 0 saturated carbocycles. The summed E-state index contributed by atoms with van der Waals surface area (Å²) in [6.45, 7) is 1.96. The summed E-state index contributed by atoms with van der Waals surface area (Å²) < 4.78 is 24.4. The topological polar surface area (TPSA) is 75.3 Å². The average molecular weight is 254 g/mol. The number of carbonyl (C=O) groups is 1. The van der Waals surface area contributed by atoms with E-state index >= 15 is 0 Å². The lowest BCUT2D eigenvalue weighted by Gasteiger charge is -2.24. The fourth-order valence-corrected chi connectivity index (χ4v) is 3.59. The van der Waals surface area contributed by atoms with Crippen LogP contribution in [0.4, 0.5) is 5.69 Å². The molecule has 0 aliphatic carbocycles. The maximum atomic E-state index is 12.2. The fourth-order valence-electron chi connectivity index (χ4n) is 1.88. The zero-order valence-corrected chi connectivity index (χ0v) is 10.5. The number of fused-ring (bicyclic) bond motifs is 1. The molecule has 5 nitrogen and oxygen atoms in total. The molecule has 0 spiro atoms. The Morgan fingerprint density at radius 1 is 1.41 bits per heavy atom. The molecule has 0 saturated heterocycles. The molecule has 1 amide bonds. The van der Waals surface area contributed by atoms with Gasteiger partial charge in [0.25, 0.3) is 0 Å². The summed E-state index contributed by atoms with van der Waals surface area (Å²) in [6, 6.07) is 4.94. The zero-order valence-electron chi connectivity index (χ0n) is 9.65. The molecule has 1 aromatic carbocycles. The maximum absolute atomic E-state index is 12.2. The van der Waals surface area contributed by atoms with Gasteiger partial charge >= 0.3 is 0 Å². The van der Waals surface area contributed by atoms with Crippen molar-refractivity contribution in [2.75, 3.05) is 18.9 Å². The van der Waals surface area contributed by atoms with Crippen LogP contribution in [0.2, 0.25) is 0 Å². The summed E-state index contributed by atoms with van der Waals surface area (Å²) in [6.07, 6.45) is 0. The Morgan fingerprint density at radius 3 is 2.76 bits per heavy atom. The van der Waals surface area contributed by atoms with E-state index in [1.165, 1.54) is 0 Å². The van der Waals surface area contributed by atoms with Gasteiger partial charge in [0.1, 0.15) is 0 Å². The number of rotatable bonds is 2. The van der Waals surface area contributed by atoms with Gasteiger partial charge in [0.2, 0.25) is 5.91 Å². The minimum atomic E-state index is -3.59.